The van der Waals surface area contributed by atoms with Crippen LogP contribution in [-0.4, -0.2) is 44.5 Å². The van der Waals surface area contributed by atoms with Crippen LogP contribution in [0.5, 0.6) is 0 Å². The van der Waals surface area contributed by atoms with Crippen molar-refractivity contribution < 1.29 is 13.5 Å². The third-order valence-corrected chi connectivity index (χ3v) is 10.1. The van der Waals surface area contributed by atoms with Crippen LogP contribution >= 0.6 is 11.6 Å². The number of aryl methyl sites for hydroxylation is 1. The molecule has 0 bridgehead atoms. The summed E-state index contributed by atoms with van der Waals surface area (Å²) < 4.78 is 27.1. The van der Waals surface area contributed by atoms with Gasteiger partial charge in [0.1, 0.15) is 0 Å². The van der Waals surface area contributed by atoms with Crippen LogP contribution in [0.3, 0.4) is 0 Å². The van der Waals surface area contributed by atoms with Gasteiger partial charge in [-0.15, -0.1) is 0 Å². The summed E-state index contributed by atoms with van der Waals surface area (Å²) in [5, 5.41) is 15.1. The number of sulfonamides is 1. The molecular weight excluding hydrogens is 494 g/mol. The summed E-state index contributed by atoms with van der Waals surface area (Å²) in [6.45, 7) is 8.09. The molecule has 2 aromatic rings. The molecule has 2 aliphatic rings. The minimum Gasteiger partial charge on any atom is -0.385 e. The lowest BCUT2D eigenvalue weighted by Gasteiger charge is -2.40. The molecule has 1 saturated carbocycles. The minimum absolute atomic E-state index is 0.0667. The summed E-state index contributed by atoms with van der Waals surface area (Å²) >= 11 is 6.01. The molecule has 6 nitrogen and oxygen atoms in total. The summed E-state index contributed by atoms with van der Waals surface area (Å²) in [6, 6.07) is 14.1. The fourth-order valence-corrected chi connectivity index (χ4v) is 6.50. The fraction of sp³-hybridized carbons (Fsp3) is 0.571. The SMILES string of the molecule is Cc1cc(NC[C@H]2CC[C@H](NS(=O)(=O)C(C)C)CC2)ccc1N1CCC(O)(c2ccc(Cl)cc2)CC1. The van der Waals surface area contributed by atoms with Gasteiger partial charge >= 0.3 is 0 Å². The van der Waals surface area contributed by atoms with Crippen LogP contribution in [-0.2, 0) is 15.6 Å². The van der Waals surface area contributed by atoms with Gasteiger partial charge in [-0.2, -0.15) is 0 Å². The molecule has 2 aromatic carbocycles. The lowest BCUT2D eigenvalue weighted by atomic mass is 9.84. The van der Waals surface area contributed by atoms with Gasteiger partial charge in [0, 0.05) is 42.1 Å². The van der Waals surface area contributed by atoms with Crippen molar-refractivity contribution in [2.24, 2.45) is 5.92 Å². The quantitative estimate of drug-likeness (QED) is 0.421. The van der Waals surface area contributed by atoms with Crippen LogP contribution in [0, 0.1) is 12.8 Å². The molecule has 2 fully saturated rings. The Hall–Kier alpha value is -1.80. The van der Waals surface area contributed by atoms with E-state index in [4.69, 9.17) is 11.6 Å². The molecule has 1 aliphatic carbocycles. The number of nitrogens with one attached hydrogen (secondary N) is 2. The molecule has 0 unspecified atom stereocenters. The Bertz CT molecular complexity index is 1120. The molecule has 1 aliphatic heterocycles. The Kier molecular flexibility index (Phi) is 8.55. The minimum atomic E-state index is -3.20. The van der Waals surface area contributed by atoms with Crippen molar-refractivity contribution in [1.29, 1.82) is 0 Å². The molecule has 0 aromatic heterocycles. The molecule has 0 atom stereocenters. The lowest BCUT2D eigenvalue weighted by molar-refractivity contribution is 0.0117. The van der Waals surface area contributed by atoms with Gasteiger partial charge in [-0.3, -0.25) is 0 Å². The average Bonchev–Trinajstić information content (AvgIpc) is 2.84. The summed E-state index contributed by atoms with van der Waals surface area (Å²) in [6.07, 6.45) is 5.22. The summed E-state index contributed by atoms with van der Waals surface area (Å²) in [7, 11) is -3.20. The van der Waals surface area contributed by atoms with Crippen molar-refractivity contribution in [3.8, 4) is 0 Å². The average molecular weight is 534 g/mol. The maximum Gasteiger partial charge on any atom is 0.214 e. The Morgan fingerprint density at radius 2 is 1.69 bits per heavy atom. The highest BCUT2D eigenvalue weighted by Gasteiger charge is 2.34. The van der Waals surface area contributed by atoms with E-state index in [0.29, 0.717) is 23.8 Å². The number of hydrogen-bond donors (Lipinski definition) is 3. The largest absolute Gasteiger partial charge is 0.385 e. The first-order valence-corrected chi connectivity index (χ1v) is 15.1. The molecule has 36 heavy (non-hydrogen) atoms. The van der Waals surface area contributed by atoms with E-state index in [9.17, 15) is 13.5 Å². The monoisotopic (exact) mass is 533 g/mol. The van der Waals surface area contributed by atoms with Crippen molar-refractivity contribution in [1.82, 2.24) is 4.72 Å². The topological polar surface area (TPSA) is 81.7 Å². The van der Waals surface area contributed by atoms with Gasteiger partial charge < -0.3 is 15.3 Å². The van der Waals surface area contributed by atoms with E-state index >= 15 is 0 Å². The van der Waals surface area contributed by atoms with Crippen LogP contribution in [0.1, 0.15) is 63.5 Å². The standard InChI is InChI=1S/C28H40ClN3O3S/c1-20(2)36(34,35)31-25-10-4-22(5-11-25)19-30-26-12-13-27(21(3)18-26)32-16-14-28(33,15-17-32)23-6-8-24(29)9-7-23/h6-9,12-13,18,20,22,25,30-31,33H,4-5,10-11,14-17,19H2,1-3H3/t22-,25-. The zero-order valence-electron chi connectivity index (χ0n) is 21.6. The van der Waals surface area contributed by atoms with Crippen molar-refractivity contribution in [2.45, 2.75) is 76.2 Å². The first kappa shape index (κ1) is 27.2. The van der Waals surface area contributed by atoms with E-state index in [1.54, 1.807) is 13.8 Å². The maximum atomic E-state index is 12.1. The number of piperidine rings is 1. The van der Waals surface area contributed by atoms with Crippen molar-refractivity contribution in [3.05, 3.63) is 58.6 Å². The van der Waals surface area contributed by atoms with Crippen LogP contribution in [0.4, 0.5) is 11.4 Å². The number of aliphatic hydroxyl groups is 1. The third kappa shape index (κ3) is 6.55. The first-order valence-electron chi connectivity index (χ1n) is 13.1. The summed E-state index contributed by atoms with van der Waals surface area (Å²) in [5.74, 6) is 0.553. The molecule has 0 amide bonds. The fourth-order valence-electron chi connectivity index (χ4n) is 5.40. The molecule has 1 heterocycles. The smallest absolute Gasteiger partial charge is 0.214 e. The number of halogens is 1. The second kappa shape index (κ2) is 11.3. The van der Waals surface area contributed by atoms with Gasteiger partial charge in [-0.25, -0.2) is 13.1 Å². The Morgan fingerprint density at radius 3 is 2.28 bits per heavy atom. The number of nitrogens with zero attached hydrogens (tertiary/aromatic N) is 1. The second-order valence-corrected chi connectivity index (χ2v) is 13.5. The molecule has 0 spiro atoms. The zero-order valence-corrected chi connectivity index (χ0v) is 23.2. The van der Waals surface area contributed by atoms with Gasteiger partial charge in [0.15, 0.2) is 0 Å². The molecule has 4 rings (SSSR count). The van der Waals surface area contributed by atoms with Crippen LogP contribution < -0.4 is 14.9 Å². The molecule has 8 heteroatoms. The van der Waals surface area contributed by atoms with Gasteiger partial charge in [0.05, 0.1) is 10.9 Å². The number of hydrogen-bond acceptors (Lipinski definition) is 5. The van der Waals surface area contributed by atoms with E-state index in [1.807, 2.05) is 24.3 Å². The van der Waals surface area contributed by atoms with E-state index in [1.165, 1.54) is 11.3 Å². The predicted octanol–water partition coefficient (Wildman–Crippen LogP) is 5.43. The highest BCUT2D eigenvalue weighted by Crippen LogP contribution is 2.36. The lowest BCUT2D eigenvalue weighted by Crippen LogP contribution is -2.42. The second-order valence-electron chi connectivity index (χ2n) is 10.8. The first-order chi connectivity index (χ1) is 17.1. The van der Waals surface area contributed by atoms with E-state index < -0.39 is 15.6 Å². The highest BCUT2D eigenvalue weighted by molar-refractivity contribution is 7.90. The third-order valence-electron chi connectivity index (χ3n) is 7.90. The number of benzene rings is 2. The molecule has 3 N–H and O–H groups in total. The zero-order chi connectivity index (χ0) is 25.9. The molecular formula is C28H40ClN3O3S. The van der Waals surface area contributed by atoms with Crippen LogP contribution in [0.15, 0.2) is 42.5 Å². The molecule has 198 valence electrons. The van der Waals surface area contributed by atoms with Gasteiger partial charge in [0.25, 0.3) is 0 Å². The Labute approximate surface area is 221 Å². The summed E-state index contributed by atoms with van der Waals surface area (Å²) in [4.78, 5) is 2.36. The van der Waals surface area contributed by atoms with Crippen molar-refractivity contribution >= 4 is 33.0 Å². The predicted molar refractivity (Wildman–Crippen MR) is 149 cm³/mol. The Morgan fingerprint density at radius 1 is 1.06 bits per heavy atom. The number of anilines is 2. The van der Waals surface area contributed by atoms with E-state index in [0.717, 1.165) is 56.6 Å². The van der Waals surface area contributed by atoms with Crippen molar-refractivity contribution in [3.63, 3.8) is 0 Å². The molecule has 0 radical (unpaired) electrons. The summed E-state index contributed by atoms with van der Waals surface area (Å²) in [5.41, 5.74) is 3.70. The number of rotatable bonds is 8. The van der Waals surface area contributed by atoms with Gasteiger partial charge in [0.2, 0.25) is 10.0 Å². The van der Waals surface area contributed by atoms with Crippen molar-refractivity contribution in [2.75, 3.05) is 29.9 Å². The van der Waals surface area contributed by atoms with Gasteiger partial charge in [-0.1, -0.05) is 23.7 Å². The van der Waals surface area contributed by atoms with Crippen LogP contribution in [0.2, 0.25) is 5.02 Å². The van der Waals surface area contributed by atoms with E-state index in [-0.39, 0.29) is 11.3 Å². The molecule has 1 saturated heterocycles. The highest BCUT2D eigenvalue weighted by atomic mass is 35.5. The normalized spacial score (nSPS) is 22.6. The Balaban J connectivity index is 1.26. The maximum absolute atomic E-state index is 12.1. The van der Waals surface area contributed by atoms with Crippen LogP contribution in [0.25, 0.3) is 0 Å². The van der Waals surface area contributed by atoms with E-state index in [2.05, 4.69) is 40.1 Å². The van der Waals surface area contributed by atoms with Gasteiger partial charge in [-0.05, 0) is 107 Å².